The molecule has 2 aliphatic heterocycles. The van der Waals surface area contributed by atoms with Gasteiger partial charge < -0.3 is 23.7 Å². The molecule has 2 heterocycles. The van der Waals surface area contributed by atoms with E-state index in [2.05, 4.69) is 9.64 Å². The van der Waals surface area contributed by atoms with Crippen LogP contribution in [0.3, 0.4) is 0 Å². The van der Waals surface area contributed by atoms with Gasteiger partial charge in [0, 0.05) is 26.1 Å². The van der Waals surface area contributed by atoms with Crippen molar-refractivity contribution in [3.8, 4) is 5.75 Å². The number of hydrogen-bond donors (Lipinski definition) is 0. The lowest BCUT2D eigenvalue weighted by atomic mass is 9.73. The number of carbonyl (C=O) groups excluding carboxylic acids is 2. The standard InChI is InChI=1S/C22H27NO7/c1-26-10-9-23-11-17-18(29-13-23)8-7-16-20(24)19(12-28-21(16)17)30-15-5-3-14(4-6-15)22(25)27-2/h3-6,12,16-18,21H,7-11,13H2,1-2H3. The summed E-state index contributed by atoms with van der Waals surface area (Å²) in [6.45, 7) is 2.83. The molecule has 0 spiro atoms. The van der Waals surface area contributed by atoms with Gasteiger partial charge in [0.2, 0.25) is 11.5 Å². The summed E-state index contributed by atoms with van der Waals surface area (Å²) >= 11 is 0. The van der Waals surface area contributed by atoms with Crippen LogP contribution < -0.4 is 4.74 Å². The average molecular weight is 417 g/mol. The highest BCUT2D eigenvalue weighted by molar-refractivity contribution is 5.96. The van der Waals surface area contributed by atoms with Gasteiger partial charge in [-0.1, -0.05) is 0 Å². The van der Waals surface area contributed by atoms with E-state index in [-0.39, 0.29) is 35.6 Å². The molecule has 0 bridgehead atoms. The molecule has 1 saturated heterocycles. The number of allylic oxidation sites excluding steroid dienone is 1. The summed E-state index contributed by atoms with van der Waals surface area (Å²) in [7, 11) is 3.01. The minimum Gasteiger partial charge on any atom is -0.493 e. The molecule has 0 radical (unpaired) electrons. The van der Waals surface area contributed by atoms with E-state index in [1.807, 2.05) is 0 Å². The molecule has 3 aliphatic rings. The highest BCUT2D eigenvalue weighted by Crippen LogP contribution is 2.40. The van der Waals surface area contributed by atoms with E-state index >= 15 is 0 Å². The summed E-state index contributed by atoms with van der Waals surface area (Å²) in [4.78, 5) is 26.8. The first-order valence-corrected chi connectivity index (χ1v) is 10.2. The van der Waals surface area contributed by atoms with Crippen LogP contribution in [0.1, 0.15) is 23.2 Å². The Kier molecular flexibility index (Phi) is 6.36. The monoisotopic (exact) mass is 417 g/mol. The van der Waals surface area contributed by atoms with Crippen molar-refractivity contribution >= 4 is 11.8 Å². The van der Waals surface area contributed by atoms with Gasteiger partial charge in [0.1, 0.15) is 18.1 Å². The number of rotatable bonds is 6. The van der Waals surface area contributed by atoms with Gasteiger partial charge in [0.05, 0.1) is 38.0 Å². The fraction of sp³-hybridized carbons (Fsp3) is 0.545. The Labute approximate surface area is 175 Å². The summed E-state index contributed by atoms with van der Waals surface area (Å²) in [6, 6.07) is 6.45. The minimum absolute atomic E-state index is 0.0456. The normalized spacial score (nSPS) is 28.6. The highest BCUT2D eigenvalue weighted by atomic mass is 16.5. The van der Waals surface area contributed by atoms with Crippen molar-refractivity contribution in [2.75, 3.05) is 40.6 Å². The molecule has 0 amide bonds. The van der Waals surface area contributed by atoms with Crippen LogP contribution in [0, 0.1) is 11.8 Å². The maximum Gasteiger partial charge on any atom is 0.337 e. The van der Waals surface area contributed by atoms with Gasteiger partial charge >= 0.3 is 5.97 Å². The zero-order valence-corrected chi connectivity index (χ0v) is 17.2. The smallest absolute Gasteiger partial charge is 0.337 e. The van der Waals surface area contributed by atoms with Crippen molar-refractivity contribution in [3.63, 3.8) is 0 Å². The summed E-state index contributed by atoms with van der Waals surface area (Å²) < 4.78 is 27.7. The predicted molar refractivity (Wildman–Crippen MR) is 106 cm³/mol. The number of nitrogens with zero attached hydrogens (tertiary/aromatic N) is 1. The van der Waals surface area contributed by atoms with Gasteiger partial charge in [-0.05, 0) is 37.1 Å². The largest absolute Gasteiger partial charge is 0.493 e. The summed E-state index contributed by atoms with van der Waals surface area (Å²) in [5, 5.41) is 0. The maximum atomic E-state index is 13.1. The van der Waals surface area contributed by atoms with Crippen LogP contribution in [-0.4, -0.2) is 69.5 Å². The lowest BCUT2D eigenvalue weighted by Gasteiger charge is -2.48. The second-order valence-corrected chi connectivity index (χ2v) is 7.82. The van der Waals surface area contributed by atoms with Crippen molar-refractivity contribution in [1.82, 2.24) is 4.90 Å². The quantitative estimate of drug-likeness (QED) is 0.650. The van der Waals surface area contributed by atoms with Crippen molar-refractivity contribution in [1.29, 1.82) is 0 Å². The van der Waals surface area contributed by atoms with Crippen LogP contribution in [0.15, 0.2) is 36.3 Å². The fourth-order valence-electron chi connectivity index (χ4n) is 4.42. The molecule has 4 atom stereocenters. The number of ketones is 1. The molecule has 30 heavy (non-hydrogen) atoms. The maximum absolute atomic E-state index is 13.1. The summed E-state index contributed by atoms with van der Waals surface area (Å²) in [5.74, 6) is 0.0719. The molecule has 2 fully saturated rings. The van der Waals surface area contributed by atoms with Gasteiger partial charge in [-0.2, -0.15) is 0 Å². The third-order valence-electron chi connectivity index (χ3n) is 6.03. The number of Topliss-reactive ketones (excluding diaryl/α,β-unsaturated/α-hetero) is 1. The molecule has 4 unspecified atom stereocenters. The van der Waals surface area contributed by atoms with Crippen molar-refractivity contribution in [2.45, 2.75) is 25.0 Å². The number of esters is 1. The zero-order valence-electron chi connectivity index (χ0n) is 17.2. The first-order valence-electron chi connectivity index (χ1n) is 10.2. The lowest BCUT2D eigenvalue weighted by molar-refractivity contribution is -0.174. The van der Waals surface area contributed by atoms with E-state index < -0.39 is 5.97 Å². The third-order valence-corrected chi connectivity index (χ3v) is 6.03. The Morgan fingerprint density at radius 3 is 2.73 bits per heavy atom. The van der Waals surface area contributed by atoms with Crippen molar-refractivity contribution < 1.29 is 33.3 Å². The van der Waals surface area contributed by atoms with Crippen LogP contribution in [0.2, 0.25) is 0 Å². The second kappa shape index (κ2) is 9.16. The number of benzene rings is 1. The molecule has 0 N–H and O–H groups in total. The van der Waals surface area contributed by atoms with E-state index in [4.69, 9.17) is 18.9 Å². The number of hydrogen-bond acceptors (Lipinski definition) is 8. The Morgan fingerprint density at radius 2 is 2.00 bits per heavy atom. The third kappa shape index (κ3) is 4.21. The Balaban J connectivity index is 1.43. The van der Waals surface area contributed by atoms with Crippen LogP contribution in [0.25, 0.3) is 0 Å². The van der Waals surface area contributed by atoms with E-state index in [0.29, 0.717) is 31.1 Å². The van der Waals surface area contributed by atoms with Crippen LogP contribution in [0.4, 0.5) is 0 Å². The highest BCUT2D eigenvalue weighted by Gasteiger charge is 2.49. The number of ether oxygens (including phenoxy) is 5. The molecule has 1 aliphatic carbocycles. The summed E-state index contributed by atoms with van der Waals surface area (Å²) in [5.41, 5.74) is 0.416. The molecule has 4 rings (SSSR count). The molecule has 1 aromatic carbocycles. The molecular formula is C22H27NO7. The Morgan fingerprint density at radius 1 is 1.20 bits per heavy atom. The minimum atomic E-state index is -0.424. The van der Waals surface area contributed by atoms with Crippen molar-refractivity contribution in [3.05, 3.63) is 41.9 Å². The fourth-order valence-corrected chi connectivity index (χ4v) is 4.42. The molecule has 8 heteroatoms. The van der Waals surface area contributed by atoms with Gasteiger partial charge in [-0.3, -0.25) is 9.69 Å². The summed E-state index contributed by atoms with van der Waals surface area (Å²) in [6.07, 6.45) is 2.87. The first-order chi connectivity index (χ1) is 14.6. The number of methoxy groups -OCH3 is 2. The van der Waals surface area contributed by atoms with E-state index in [0.717, 1.165) is 19.5 Å². The van der Waals surface area contributed by atoms with E-state index in [1.54, 1.807) is 31.4 Å². The van der Waals surface area contributed by atoms with Gasteiger partial charge in [0.25, 0.3) is 0 Å². The van der Waals surface area contributed by atoms with Crippen LogP contribution in [-0.2, 0) is 23.7 Å². The molecule has 1 saturated carbocycles. The van der Waals surface area contributed by atoms with Gasteiger partial charge in [-0.25, -0.2) is 4.79 Å². The van der Waals surface area contributed by atoms with Crippen LogP contribution in [0.5, 0.6) is 5.75 Å². The van der Waals surface area contributed by atoms with Crippen molar-refractivity contribution in [2.24, 2.45) is 11.8 Å². The molecule has 162 valence electrons. The lowest BCUT2D eigenvalue weighted by Crippen LogP contribution is -2.57. The average Bonchev–Trinajstić information content (AvgIpc) is 2.79. The second-order valence-electron chi connectivity index (χ2n) is 7.82. The predicted octanol–water partition coefficient (Wildman–Crippen LogP) is 1.99. The first kappa shape index (κ1) is 20.8. The number of carbonyl (C=O) groups is 2. The molecular weight excluding hydrogens is 390 g/mol. The zero-order chi connectivity index (χ0) is 21.1. The van der Waals surface area contributed by atoms with Gasteiger partial charge in [0.15, 0.2) is 0 Å². The molecule has 0 aromatic heterocycles. The topological polar surface area (TPSA) is 83.5 Å². The van der Waals surface area contributed by atoms with E-state index in [1.165, 1.54) is 13.4 Å². The number of fused-ring (bicyclic) bond motifs is 3. The van der Waals surface area contributed by atoms with Gasteiger partial charge in [-0.15, -0.1) is 0 Å². The van der Waals surface area contributed by atoms with Crippen LogP contribution >= 0.6 is 0 Å². The molecule has 1 aromatic rings. The Hall–Kier alpha value is -2.42. The molecule has 8 nitrogen and oxygen atoms in total. The van der Waals surface area contributed by atoms with E-state index in [9.17, 15) is 9.59 Å². The SMILES string of the molecule is COCCN1COC2CCC3C(=O)C(Oc4ccc(C(=O)OC)cc4)=COC3C2C1. The Bertz CT molecular complexity index is 806.